The van der Waals surface area contributed by atoms with Crippen LogP contribution in [0.15, 0.2) is 54.9 Å². The van der Waals surface area contributed by atoms with Gasteiger partial charge in [-0.1, -0.05) is 30.3 Å². The molecule has 0 aliphatic heterocycles. The van der Waals surface area contributed by atoms with Crippen molar-refractivity contribution in [3.63, 3.8) is 0 Å². The molecule has 0 saturated carbocycles. The summed E-state index contributed by atoms with van der Waals surface area (Å²) in [5.41, 5.74) is 2.74. The van der Waals surface area contributed by atoms with Crippen LogP contribution in [0.5, 0.6) is 0 Å². The van der Waals surface area contributed by atoms with E-state index in [1.165, 1.54) is 6.33 Å². The summed E-state index contributed by atoms with van der Waals surface area (Å²) in [5.74, 6) is 0.357. The van der Waals surface area contributed by atoms with Gasteiger partial charge in [0.1, 0.15) is 6.33 Å². The van der Waals surface area contributed by atoms with Crippen LogP contribution in [-0.2, 0) is 6.54 Å². The first-order chi connectivity index (χ1) is 11.3. The number of nitrogens with zero attached hydrogens (tertiary/aromatic N) is 3. The maximum absolute atomic E-state index is 12.4. The summed E-state index contributed by atoms with van der Waals surface area (Å²) in [5, 5.41) is 18.2. The summed E-state index contributed by atoms with van der Waals surface area (Å²) in [7, 11) is 0. The molecule has 0 bridgehead atoms. The number of aromatic amines is 1. The fourth-order valence-electron chi connectivity index (χ4n) is 2.20. The number of aromatic nitrogens is 3. The molecule has 0 aliphatic carbocycles. The van der Waals surface area contributed by atoms with Crippen molar-refractivity contribution in [1.29, 1.82) is 5.26 Å². The van der Waals surface area contributed by atoms with Gasteiger partial charge in [0.25, 0.3) is 5.91 Å². The van der Waals surface area contributed by atoms with Gasteiger partial charge in [-0.25, -0.2) is 4.98 Å². The van der Waals surface area contributed by atoms with E-state index in [2.05, 4.69) is 26.6 Å². The Morgan fingerprint density at radius 1 is 1.17 bits per heavy atom. The smallest absolute Gasteiger partial charge is 0.252 e. The van der Waals surface area contributed by atoms with Crippen LogP contribution in [-0.4, -0.2) is 21.1 Å². The monoisotopic (exact) mass is 303 g/mol. The second kappa shape index (κ2) is 6.54. The molecule has 1 amide bonds. The number of nitriles is 1. The van der Waals surface area contributed by atoms with Gasteiger partial charge in [-0.2, -0.15) is 10.4 Å². The number of hydrogen-bond donors (Lipinski definition) is 2. The van der Waals surface area contributed by atoms with Crippen LogP contribution < -0.4 is 5.32 Å². The van der Waals surface area contributed by atoms with Crippen LogP contribution in [0.1, 0.15) is 21.5 Å². The van der Waals surface area contributed by atoms with E-state index in [1.807, 2.05) is 24.3 Å². The molecule has 1 heterocycles. The van der Waals surface area contributed by atoms with Crippen molar-refractivity contribution in [3.8, 4) is 17.5 Å². The highest BCUT2D eigenvalue weighted by Crippen LogP contribution is 2.19. The molecule has 0 radical (unpaired) electrons. The van der Waals surface area contributed by atoms with Crippen LogP contribution >= 0.6 is 0 Å². The average molecular weight is 303 g/mol. The fraction of sp³-hybridized carbons (Fsp3) is 0.0588. The molecule has 0 spiro atoms. The molecule has 3 aromatic rings. The number of benzene rings is 2. The van der Waals surface area contributed by atoms with Crippen LogP contribution in [0.2, 0.25) is 0 Å². The zero-order valence-corrected chi connectivity index (χ0v) is 12.2. The molecule has 0 fully saturated rings. The zero-order valence-electron chi connectivity index (χ0n) is 12.2. The first kappa shape index (κ1) is 14.5. The summed E-state index contributed by atoms with van der Waals surface area (Å²) in [6.45, 7) is 0.384. The van der Waals surface area contributed by atoms with Gasteiger partial charge in [0.05, 0.1) is 17.2 Å². The van der Waals surface area contributed by atoms with E-state index < -0.39 is 0 Å². The maximum Gasteiger partial charge on any atom is 0.252 e. The number of H-pyrrole nitrogens is 1. The molecule has 3 rings (SSSR count). The summed E-state index contributed by atoms with van der Waals surface area (Å²) in [6, 6.07) is 16.4. The molecular weight excluding hydrogens is 290 g/mol. The van der Waals surface area contributed by atoms with Crippen molar-refractivity contribution in [2.75, 3.05) is 0 Å². The summed E-state index contributed by atoms with van der Waals surface area (Å²) >= 11 is 0. The molecule has 1 aromatic heterocycles. The fourth-order valence-corrected chi connectivity index (χ4v) is 2.20. The van der Waals surface area contributed by atoms with Gasteiger partial charge in [-0.15, -0.1) is 0 Å². The van der Waals surface area contributed by atoms with Crippen LogP contribution in [0.25, 0.3) is 11.4 Å². The van der Waals surface area contributed by atoms with E-state index in [0.717, 1.165) is 5.56 Å². The van der Waals surface area contributed by atoms with Crippen molar-refractivity contribution in [2.45, 2.75) is 6.54 Å². The largest absolute Gasteiger partial charge is 0.348 e. The van der Waals surface area contributed by atoms with E-state index in [0.29, 0.717) is 29.1 Å². The Bertz CT molecular complexity index is 847. The Morgan fingerprint density at radius 3 is 2.65 bits per heavy atom. The van der Waals surface area contributed by atoms with Crippen molar-refractivity contribution in [2.24, 2.45) is 0 Å². The molecule has 0 saturated heterocycles. The molecule has 0 atom stereocenters. The van der Waals surface area contributed by atoms with Gasteiger partial charge in [0, 0.05) is 12.1 Å². The SMILES string of the molecule is N#Cc1ccc(CNC(=O)c2ccccc2-c2ncn[nH]2)cc1. The van der Waals surface area contributed by atoms with Gasteiger partial charge >= 0.3 is 0 Å². The molecular formula is C17H13N5O. The first-order valence-corrected chi connectivity index (χ1v) is 7.00. The number of carbonyl (C=O) groups is 1. The summed E-state index contributed by atoms with van der Waals surface area (Å²) < 4.78 is 0. The zero-order chi connectivity index (χ0) is 16.1. The molecule has 6 nitrogen and oxygen atoms in total. The quantitative estimate of drug-likeness (QED) is 0.773. The number of rotatable bonds is 4. The Morgan fingerprint density at radius 2 is 1.96 bits per heavy atom. The minimum absolute atomic E-state index is 0.193. The van der Waals surface area contributed by atoms with Crippen LogP contribution in [0.4, 0.5) is 0 Å². The summed E-state index contributed by atoms with van der Waals surface area (Å²) in [4.78, 5) is 16.5. The molecule has 0 unspecified atom stereocenters. The topological polar surface area (TPSA) is 94.5 Å². The van der Waals surface area contributed by atoms with E-state index in [1.54, 1.807) is 24.3 Å². The normalized spacial score (nSPS) is 10.0. The van der Waals surface area contributed by atoms with Crippen LogP contribution in [0.3, 0.4) is 0 Å². The van der Waals surface area contributed by atoms with Gasteiger partial charge in [0.15, 0.2) is 5.82 Å². The lowest BCUT2D eigenvalue weighted by atomic mass is 10.1. The Labute approximate surface area is 132 Å². The van der Waals surface area contributed by atoms with Gasteiger partial charge in [-0.05, 0) is 23.8 Å². The third-order valence-electron chi connectivity index (χ3n) is 3.38. The highest BCUT2D eigenvalue weighted by Gasteiger charge is 2.13. The molecule has 23 heavy (non-hydrogen) atoms. The second-order valence-corrected chi connectivity index (χ2v) is 4.87. The van der Waals surface area contributed by atoms with Crippen molar-refractivity contribution in [1.82, 2.24) is 20.5 Å². The number of amides is 1. The highest BCUT2D eigenvalue weighted by molar-refractivity contribution is 6.00. The molecule has 112 valence electrons. The third kappa shape index (κ3) is 3.24. The first-order valence-electron chi connectivity index (χ1n) is 7.00. The minimum Gasteiger partial charge on any atom is -0.348 e. The minimum atomic E-state index is -0.193. The lowest BCUT2D eigenvalue weighted by Crippen LogP contribution is -2.23. The standard InChI is InChI=1S/C17H13N5O/c18-9-12-5-7-13(8-6-12)10-19-17(23)15-4-2-1-3-14(15)16-20-11-21-22-16/h1-8,11H,10H2,(H,19,23)(H,20,21,22). The number of hydrogen-bond acceptors (Lipinski definition) is 4. The van der Waals surface area contributed by atoms with Gasteiger partial charge in [0.2, 0.25) is 0 Å². The molecule has 6 heteroatoms. The second-order valence-electron chi connectivity index (χ2n) is 4.87. The van der Waals surface area contributed by atoms with E-state index in [-0.39, 0.29) is 5.91 Å². The Kier molecular flexibility index (Phi) is 4.11. The Balaban J connectivity index is 1.75. The lowest BCUT2D eigenvalue weighted by Gasteiger charge is -2.08. The van der Waals surface area contributed by atoms with Crippen LogP contribution in [0, 0.1) is 11.3 Å². The maximum atomic E-state index is 12.4. The van der Waals surface area contributed by atoms with E-state index >= 15 is 0 Å². The van der Waals surface area contributed by atoms with Crippen molar-refractivity contribution >= 4 is 5.91 Å². The Hall–Kier alpha value is -3.46. The van der Waals surface area contributed by atoms with E-state index in [4.69, 9.17) is 5.26 Å². The molecule has 2 aromatic carbocycles. The van der Waals surface area contributed by atoms with Crippen molar-refractivity contribution in [3.05, 3.63) is 71.5 Å². The summed E-state index contributed by atoms with van der Waals surface area (Å²) in [6.07, 6.45) is 1.40. The van der Waals surface area contributed by atoms with Gasteiger partial charge < -0.3 is 5.32 Å². The highest BCUT2D eigenvalue weighted by atomic mass is 16.1. The van der Waals surface area contributed by atoms with E-state index in [9.17, 15) is 4.79 Å². The molecule has 2 N–H and O–H groups in total. The van der Waals surface area contributed by atoms with Gasteiger partial charge in [-0.3, -0.25) is 9.89 Å². The lowest BCUT2D eigenvalue weighted by molar-refractivity contribution is 0.0951. The number of carbonyl (C=O) groups excluding carboxylic acids is 1. The predicted molar refractivity (Wildman–Crippen MR) is 84.1 cm³/mol. The number of nitrogens with one attached hydrogen (secondary N) is 2. The van der Waals surface area contributed by atoms with Crippen molar-refractivity contribution < 1.29 is 4.79 Å². The molecule has 0 aliphatic rings. The average Bonchev–Trinajstić information content (AvgIpc) is 3.14. The predicted octanol–water partition coefficient (Wildman–Crippen LogP) is 2.27. The third-order valence-corrected chi connectivity index (χ3v) is 3.38.